The Balaban J connectivity index is 2.03. The lowest BCUT2D eigenvalue weighted by molar-refractivity contribution is 0.0951. The van der Waals surface area contributed by atoms with Crippen LogP contribution < -0.4 is 16.6 Å². The van der Waals surface area contributed by atoms with Gasteiger partial charge < -0.3 is 10.7 Å². The van der Waals surface area contributed by atoms with Crippen LogP contribution >= 0.6 is 0 Å². The van der Waals surface area contributed by atoms with E-state index in [0.29, 0.717) is 23.6 Å². The van der Waals surface area contributed by atoms with Gasteiger partial charge in [0.25, 0.3) is 5.91 Å². The van der Waals surface area contributed by atoms with Crippen LogP contribution in [0.4, 0.5) is 5.82 Å². The first-order valence-electron chi connectivity index (χ1n) is 5.68. The van der Waals surface area contributed by atoms with Crippen LogP contribution in [0.15, 0.2) is 30.7 Å². The maximum atomic E-state index is 12.0. The number of carbonyl (C=O) groups excluding carboxylic acids is 1. The monoisotopic (exact) mass is 258 g/mol. The molecule has 0 atom stereocenters. The maximum absolute atomic E-state index is 12.0. The van der Waals surface area contributed by atoms with Gasteiger partial charge in [-0.2, -0.15) is 0 Å². The number of aromatic nitrogens is 3. The van der Waals surface area contributed by atoms with Gasteiger partial charge >= 0.3 is 0 Å². The standard InChI is InChI=1S/C12H14N6O/c1-8-5-16-9(6-15-8)7-17-12(19)10-3-2-4-14-11(10)18-13/h2-6H,7,13H2,1H3,(H,14,18)(H,17,19). The zero-order valence-corrected chi connectivity index (χ0v) is 10.4. The van der Waals surface area contributed by atoms with Crippen LogP contribution in [0.25, 0.3) is 0 Å². The van der Waals surface area contributed by atoms with Gasteiger partial charge in [-0.1, -0.05) is 0 Å². The molecule has 0 radical (unpaired) electrons. The largest absolute Gasteiger partial charge is 0.346 e. The first-order chi connectivity index (χ1) is 9.20. The summed E-state index contributed by atoms with van der Waals surface area (Å²) < 4.78 is 0. The van der Waals surface area contributed by atoms with Crippen molar-refractivity contribution >= 4 is 11.7 Å². The Labute approximate surface area is 110 Å². The van der Waals surface area contributed by atoms with Crippen molar-refractivity contribution in [2.45, 2.75) is 13.5 Å². The van der Waals surface area contributed by atoms with Crippen LogP contribution in [0.3, 0.4) is 0 Å². The summed E-state index contributed by atoms with van der Waals surface area (Å²) in [7, 11) is 0. The van der Waals surface area contributed by atoms with Gasteiger partial charge in [-0.15, -0.1) is 0 Å². The number of nitrogen functional groups attached to an aromatic ring is 1. The number of hydrazine groups is 1. The molecule has 0 saturated heterocycles. The number of hydrogen-bond acceptors (Lipinski definition) is 6. The second-order valence-corrected chi connectivity index (χ2v) is 3.88. The Kier molecular flexibility index (Phi) is 3.99. The number of nitrogens with zero attached hydrogens (tertiary/aromatic N) is 3. The Morgan fingerprint density at radius 2 is 2.16 bits per heavy atom. The molecule has 19 heavy (non-hydrogen) atoms. The Bertz CT molecular complexity index is 569. The fourth-order valence-corrected chi connectivity index (χ4v) is 1.48. The molecule has 0 fully saturated rings. The molecular formula is C12H14N6O. The van der Waals surface area contributed by atoms with E-state index >= 15 is 0 Å². The zero-order chi connectivity index (χ0) is 13.7. The van der Waals surface area contributed by atoms with Gasteiger partial charge in [-0.3, -0.25) is 14.8 Å². The third-order valence-electron chi connectivity index (χ3n) is 2.45. The molecular weight excluding hydrogens is 244 g/mol. The Hall–Kier alpha value is -2.54. The summed E-state index contributed by atoms with van der Waals surface area (Å²) in [5.74, 6) is 5.35. The number of rotatable bonds is 4. The van der Waals surface area contributed by atoms with E-state index in [4.69, 9.17) is 5.84 Å². The predicted octanol–water partition coefficient (Wildman–Crippen LogP) is 0.396. The lowest BCUT2D eigenvalue weighted by Gasteiger charge is -2.08. The van der Waals surface area contributed by atoms with E-state index in [1.165, 1.54) is 0 Å². The Morgan fingerprint density at radius 3 is 2.84 bits per heavy atom. The van der Waals surface area contributed by atoms with Crippen molar-refractivity contribution in [1.82, 2.24) is 20.3 Å². The first kappa shape index (κ1) is 12.9. The fourth-order valence-electron chi connectivity index (χ4n) is 1.48. The molecule has 0 aromatic carbocycles. The molecule has 0 aliphatic rings. The minimum atomic E-state index is -0.275. The van der Waals surface area contributed by atoms with Crippen molar-refractivity contribution in [2.24, 2.45) is 5.84 Å². The number of carbonyl (C=O) groups is 1. The predicted molar refractivity (Wildman–Crippen MR) is 70.0 cm³/mol. The van der Waals surface area contributed by atoms with Gasteiger partial charge in [0.15, 0.2) is 5.82 Å². The van der Waals surface area contributed by atoms with Crippen molar-refractivity contribution in [3.05, 3.63) is 47.7 Å². The van der Waals surface area contributed by atoms with Crippen molar-refractivity contribution < 1.29 is 4.79 Å². The molecule has 0 saturated carbocycles. The molecule has 0 spiro atoms. The second-order valence-electron chi connectivity index (χ2n) is 3.88. The highest BCUT2D eigenvalue weighted by Gasteiger charge is 2.11. The number of anilines is 1. The molecule has 0 aliphatic heterocycles. The zero-order valence-electron chi connectivity index (χ0n) is 10.4. The molecule has 7 nitrogen and oxygen atoms in total. The summed E-state index contributed by atoms with van der Waals surface area (Å²) in [4.78, 5) is 24.2. The number of amides is 1. The highest BCUT2D eigenvalue weighted by atomic mass is 16.1. The minimum Gasteiger partial charge on any atom is -0.346 e. The minimum absolute atomic E-state index is 0.275. The van der Waals surface area contributed by atoms with E-state index < -0.39 is 0 Å². The molecule has 7 heteroatoms. The molecule has 0 aliphatic carbocycles. The van der Waals surface area contributed by atoms with Crippen LogP contribution in [0.1, 0.15) is 21.7 Å². The topological polar surface area (TPSA) is 106 Å². The lowest BCUT2D eigenvalue weighted by atomic mass is 10.2. The summed E-state index contributed by atoms with van der Waals surface area (Å²) in [6.45, 7) is 2.15. The average Bonchev–Trinajstić information content (AvgIpc) is 2.46. The summed E-state index contributed by atoms with van der Waals surface area (Å²) in [6, 6.07) is 3.31. The van der Waals surface area contributed by atoms with Crippen LogP contribution in [-0.2, 0) is 6.54 Å². The van der Waals surface area contributed by atoms with E-state index in [9.17, 15) is 4.79 Å². The van der Waals surface area contributed by atoms with Gasteiger partial charge in [0.2, 0.25) is 0 Å². The molecule has 0 unspecified atom stereocenters. The van der Waals surface area contributed by atoms with E-state index in [0.717, 1.165) is 5.69 Å². The highest BCUT2D eigenvalue weighted by molar-refractivity contribution is 5.98. The van der Waals surface area contributed by atoms with E-state index in [-0.39, 0.29) is 5.91 Å². The van der Waals surface area contributed by atoms with Gasteiger partial charge in [0.1, 0.15) is 0 Å². The SMILES string of the molecule is Cc1cnc(CNC(=O)c2cccnc2NN)cn1. The van der Waals surface area contributed by atoms with Gasteiger partial charge in [0.05, 0.1) is 29.7 Å². The third-order valence-corrected chi connectivity index (χ3v) is 2.45. The molecule has 2 aromatic heterocycles. The summed E-state index contributed by atoms with van der Waals surface area (Å²) in [6.07, 6.45) is 4.83. The molecule has 2 rings (SSSR count). The molecule has 1 amide bonds. The molecule has 98 valence electrons. The number of pyridine rings is 1. The third kappa shape index (κ3) is 3.23. The molecule has 2 heterocycles. The summed E-state index contributed by atoms with van der Waals surface area (Å²) >= 11 is 0. The molecule has 0 bridgehead atoms. The van der Waals surface area contributed by atoms with Crippen LogP contribution in [-0.4, -0.2) is 20.9 Å². The molecule has 2 aromatic rings. The van der Waals surface area contributed by atoms with Crippen LogP contribution in [0.2, 0.25) is 0 Å². The summed E-state index contributed by atoms with van der Waals surface area (Å²) in [5.41, 5.74) is 4.28. The van der Waals surface area contributed by atoms with Crippen LogP contribution in [0, 0.1) is 6.92 Å². The van der Waals surface area contributed by atoms with Crippen molar-refractivity contribution in [2.75, 3.05) is 5.43 Å². The smallest absolute Gasteiger partial charge is 0.255 e. The number of hydrogen-bond donors (Lipinski definition) is 3. The van der Waals surface area contributed by atoms with Gasteiger partial charge in [-0.25, -0.2) is 10.8 Å². The number of aryl methyl sites for hydroxylation is 1. The maximum Gasteiger partial charge on any atom is 0.255 e. The van der Waals surface area contributed by atoms with Crippen molar-refractivity contribution in [3.8, 4) is 0 Å². The van der Waals surface area contributed by atoms with Gasteiger partial charge in [-0.05, 0) is 19.1 Å². The summed E-state index contributed by atoms with van der Waals surface area (Å²) in [5, 5.41) is 2.73. The van der Waals surface area contributed by atoms with E-state index in [2.05, 4.69) is 25.7 Å². The molecule has 4 N–H and O–H groups in total. The van der Waals surface area contributed by atoms with Crippen LogP contribution in [0.5, 0.6) is 0 Å². The number of nitrogens with two attached hydrogens (primary N) is 1. The average molecular weight is 258 g/mol. The number of nitrogens with one attached hydrogen (secondary N) is 2. The first-order valence-corrected chi connectivity index (χ1v) is 5.68. The quantitative estimate of drug-likeness (QED) is 0.541. The van der Waals surface area contributed by atoms with Gasteiger partial charge in [0, 0.05) is 12.4 Å². The van der Waals surface area contributed by atoms with Crippen molar-refractivity contribution in [1.29, 1.82) is 0 Å². The fraction of sp³-hybridized carbons (Fsp3) is 0.167. The van der Waals surface area contributed by atoms with E-state index in [1.807, 2.05) is 6.92 Å². The van der Waals surface area contributed by atoms with Crippen molar-refractivity contribution in [3.63, 3.8) is 0 Å². The normalized spacial score (nSPS) is 10.0. The Morgan fingerprint density at radius 1 is 1.32 bits per heavy atom. The highest BCUT2D eigenvalue weighted by Crippen LogP contribution is 2.09. The second kappa shape index (κ2) is 5.87. The lowest BCUT2D eigenvalue weighted by Crippen LogP contribution is -2.25. The van der Waals surface area contributed by atoms with E-state index in [1.54, 1.807) is 30.7 Å².